The molecule has 1 aromatic rings. The Labute approximate surface area is 289 Å². The highest BCUT2D eigenvalue weighted by Crippen LogP contribution is 2.42. The topological polar surface area (TPSA) is 163 Å². The van der Waals surface area contributed by atoms with Crippen molar-refractivity contribution >= 4 is 28.7 Å². The van der Waals surface area contributed by atoms with Gasteiger partial charge in [-0.2, -0.15) is 22.7 Å². The first kappa shape index (κ1) is 38.3. The number of nitrogens with zero attached hydrogens (tertiary/aromatic N) is 7. The number of piperidine rings is 1. The van der Waals surface area contributed by atoms with Gasteiger partial charge >= 0.3 is 0 Å². The van der Waals surface area contributed by atoms with Gasteiger partial charge in [0.1, 0.15) is 11.6 Å². The van der Waals surface area contributed by atoms with Crippen molar-refractivity contribution in [3.8, 4) is 11.8 Å². The van der Waals surface area contributed by atoms with E-state index in [1.165, 1.54) is 37.3 Å². The Kier molecular flexibility index (Phi) is 12.6. The summed E-state index contributed by atoms with van der Waals surface area (Å²) in [5, 5.41) is 20.2. The monoisotopic (exact) mass is 704 g/mol. The Balaban J connectivity index is 1.35. The molecule has 0 saturated carbocycles. The number of β-amino-alcohol motifs (C(OH)–C–C–N with tert-alkyl or cyclic N) is 1. The number of benzene rings is 1. The van der Waals surface area contributed by atoms with E-state index in [0.717, 1.165) is 36.3 Å². The minimum atomic E-state index is -3.58. The van der Waals surface area contributed by atoms with Crippen LogP contribution < -0.4 is 9.46 Å². The lowest BCUT2D eigenvalue weighted by Crippen LogP contribution is -2.63. The summed E-state index contributed by atoms with van der Waals surface area (Å²) in [6, 6.07) is 5.18. The number of amides is 1. The van der Waals surface area contributed by atoms with Gasteiger partial charge in [-0.05, 0) is 71.1 Å². The van der Waals surface area contributed by atoms with E-state index >= 15 is 0 Å². The third-order valence-corrected chi connectivity index (χ3v) is 10.9. The van der Waals surface area contributed by atoms with Crippen LogP contribution in [-0.4, -0.2) is 136 Å². The summed E-state index contributed by atoms with van der Waals surface area (Å²) in [4.78, 5) is 27.7. The molecular formula is C33H49FN8O6S. The van der Waals surface area contributed by atoms with Crippen LogP contribution in [-0.2, 0) is 14.9 Å². The van der Waals surface area contributed by atoms with Gasteiger partial charge in [0.15, 0.2) is 17.4 Å². The molecule has 16 heteroatoms. The van der Waals surface area contributed by atoms with Crippen molar-refractivity contribution in [3.05, 3.63) is 41.5 Å². The maximum absolute atomic E-state index is 14.4. The van der Waals surface area contributed by atoms with E-state index in [1.807, 2.05) is 13.8 Å². The standard InChI is InChI=1S/C33H49FN8O6S/c1-24(2)42(15-7-14-35)31(43)27-18-25(34)8-9-28(27)48-29(19-36-3)30(37-4)41-21-32(22-41)12-16-40(17-13-32)23-33(44)11-10-26(20-47-33)38-49(45,46)39(5)6/h8-9,18-19,24,26,38,44H,3,7,10-13,15-17,20-23H2,1-2,4-6H3/b29-19+,37-30+/t26-,33-/m1/s1. The van der Waals surface area contributed by atoms with Gasteiger partial charge in [0.2, 0.25) is 0 Å². The van der Waals surface area contributed by atoms with Crippen molar-refractivity contribution in [3.63, 3.8) is 0 Å². The van der Waals surface area contributed by atoms with Crippen molar-refractivity contribution in [2.45, 2.75) is 63.8 Å². The zero-order valence-electron chi connectivity index (χ0n) is 29.1. The van der Waals surface area contributed by atoms with Crippen molar-refractivity contribution in [2.75, 3.05) is 67.0 Å². The van der Waals surface area contributed by atoms with Gasteiger partial charge in [-0.25, -0.2) is 4.39 Å². The summed E-state index contributed by atoms with van der Waals surface area (Å²) in [5.41, 5.74) is 0.0683. The molecule has 0 bridgehead atoms. The van der Waals surface area contributed by atoms with Crippen molar-refractivity contribution in [1.82, 2.24) is 23.7 Å². The van der Waals surface area contributed by atoms with Crippen LogP contribution in [0.2, 0.25) is 0 Å². The third-order valence-electron chi connectivity index (χ3n) is 9.35. The number of rotatable bonds is 13. The van der Waals surface area contributed by atoms with Gasteiger partial charge in [-0.1, -0.05) is 0 Å². The molecule has 3 aliphatic rings. The average Bonchev–Trinajstić information content (AvgIpc) is 3.03. The summed E-state index contributed by atoms with van der Waals surface area (Å²) >= 11 is 0. The number of carbonyl (C=O) groups excluding carboxylic acids is 1. The average molecular weight is 705 g/mol. The fraction of sp³-hybridized carbons (Fsp3) is 0.636. The molecule has 1 spiro atoms. The molecule has 4 rings (SSSR count). The Morgan fingerprint density at radius 1 is 1.31 bits per heavy atom. The van der Waals surface area contributed by atoms with Crippen LogP contribution in [0.5, 0.6) is 5.75 Å². The molecule has 3 heterocycles. The summed E-state index contributed by atoms with van der Waals surface area (Å²) in [7, 11) is 0.975. The predicted molar refractivity (Wildman–Crippen MR) is 184 cm³/mol. The second kappa shape index (κ2) is 16.0. The molecule has 0 radical (unpaired) electrons. The van der Waals surface area contributed by atoms with Gasteiger partial charge in [-0.15, -0.1) is 0 Å². The van der Waals surface area contributed by atoms with E-state index in [9.17, 15) is 22.7 Å². The zero-order chi connectivity index (χ0) is 36.0. The number of aliphatic imine (C=N–C) groups is 2. The van der Waals surface area contributed by atoms with Crippen LogP contribution in [0.15, 0.2) is 40.1 Å². The predicted octanol–water partition coefficient (Wildman–Crippen LogP) is 2.20. The Bertz CT molecular complexity index is 1550. The maximum atomic E-state index is 14.4. The summed E-state index contributed by atoms with van der Waals surface area (Å²) in [5.74, 6) is -1.45. The highest BCUT2D eigenvalue weighted by molar-refractivity contribution is 7.87. The number of amidine groups is 1. The molecule has 49 heavy (non-hydrogen) atoms. The first-order chi connectivity index (χ1) is 23.1. The Hall–Kier alpha value is -3.46. The first-order valence-electron chi connectivity index (χ1n) is 16.5. The molecule has 1 amide bonds. The molecule has 14 nitrogen and oxygen atoms in total. The SMILES string of the molecule is C=N/C=C(Oc1ccc(F)cc1C(=O)N(CCC#N)C(C)C)\C(=N/C)N1CC2(CCN(C[C@@]3(O)CC[C@@H](NS(=O)(=O)N(C)C)CO3)CC2)C1. The second-order valence-corrected chi connectivity index (χ2v) is 15.4. The lowest BCUT2D eigenvalue weighted by molar-refractivity contribution is -0.239. The number of hydrogen-bond donors (Lipinski definition) is 2. The molecule has 3 fully saturated rings. The molecule has 0 aromatic heterocycles. The smallest absolute Gasteiger partial charge is 0.279 e. The molecule has 3 aliphatic heterocycles. The minimum Gasteiger partial charge on any atom is -0.451 e. The normalized spacial score (nSPS) is 23.3. The molecule has 2 N–H and O–H groups in total. The van der Waals surface area contributed by atoms with Crippen molar-refractivity contribution < 1.29 is 32.2 Å². The fourth-order valence-corrected chi connectivity index (χ4v) is 7.34. The molecule has 2 atom stereocenters. The van der Waals surface area contributed by atoms with E-state index < -0.39 is 33.8 Å². The summed E-state index contributed by atoms with van der Waals surface area (Å²) < 4.78 is 54.4. The number of hydrogen-bond acceptors (Lipinski definition) is 10. The van der Waals surface area contributed by atoms with E-state index in [-0.39, 0.29) is 48.1 Å². The summed E-state index contributed by atoms with van der Waals surface area (Å²) in [6.07, 6.45) is 4.14. The number of nitriles is 1. The number of aliphatic hydroxyl groups is 1. The molecule has 0 aliphatic carbocycles. The van der Waals surface area contributed by atoms with Crippen LogP contribution in [0.4, 0.5) is 4.39 Å². The van der Waals surface area contributed by atoms with Gasteiger partial charge in [0.25, 0.3) is 16.1 Å². The van der Waals surface area contributed by atoms with Crippen LogP contribution >= 0.6 is 0 Å². The highest BCUT2D eigenvalue weighted by atomic mass is 32.2. The van der Waals surface area contributed by atoms with Gasteiger partial charge < -0.3 is 24.4 Å². The van der Waals surface area contributed by atoms with Crippen LogP contribution in [0.25, 0.3) is 0 Å². The van der Waals surface area contributed by atoms with Crippen molar-refractivity contribution in [1.29, 1.82) is 5.26 Å². The third kappa shape index (κ3) is 9.41. The summed E-state index contributed by atoms with van der Waals surface area (Å²) in [6.45, 7) is 10.8. The van der Waals surface area contributed by atoms with Crippen LogP contribution in [0.1, 0.15) is 56.3 Å². The van der Waals surface area contributed by atoms with E-state index in [0.29, 0.717) is 38.3 Å². The number of carbonyl (C=O) groups is 1. The largest absolute Gasteiger partial charge is 0.451 e. The maximum Gasteiger partial charge on any atom is 0.279 e. The highest BCUT2D eigenvalue weighted by Gasteiger charge is 2.48. The van der Waals surface area contributed by atoms with Gasteiger partial charge in [0.05, 0.1) is 37.4 Å². The fourth-order valence-electron chi connectivity index (χ4n) is 6.53. The van der Waals surface area contributed by atoms with E-state index in [2.05, 4.69) is 37.3 Å². The number of halogens is 1. The Morgan fingerprint density at radius 2 is 2.00 bits per heavy atom. The Morgan fingerprint density at radius 3 is 2.55 bits per heavy atom. The molecule has 3 saturated heterocycles. The molecular weight excluding hydrogens is 655 g/mol. The lowest BCUT2D eigenvalue weighted by Gasteiger charge is -2.55. The quantitative estimate of drug-likeness (QED) is 0.178. The first-order valence-corrected chi connectivity index (χ1v) is 17.9. The second-order valence-electron chi connectivity index (χ2n) is 13.5. The molecule has 270 valence electrons. The van der Waals surface area contributed by atoms with Gasteiger partial charge in [-0.3, -0.25) is 19.7 Å². The van der Waals surface area contributed by atoms with Crippen LogP contribution in [0, 0.1) is 22.6 Å². The molecule has 1 aromatic carbocycles. The number of nitrogens with one attached hydrogen (secondary N) is 1. The van der Waals surface area contributed by atoms with E-state index in [4.69, 9.17) is 14.7 Å². The lowest BCUT2D eigenvalue weighted by atomic mass is 9.71. The van der Waals surface area contributed by atoms with Crippen LogP contribution in [0.3, 0.4) is 0 Å². The van der Waals surface area contributed by atoms with E-state index in [1.54, 1.807) is 7.05 Å². The minimum absolute atomic E-state index is 0.0264. The number of ether oxygens (including phenoxy) is 2. The number of likely N-dealkylation sites (tertiary alicyclic amines) is 2. The van der Waals surface area contributed by atoms with Crippen molar-refractivity contribution in [2.24, 2.45) is 15.4 Å². The zero-order valence-corrected chi connectivity index (χ0v) is 29.9. The van der Waals surface area contributed by atoms with Gasteiger partial charge in [0, 0.05) is 64.7 Å². The molecule has 0 unspecified atom stereocenters.